The third-order valence-electron chi connectivity index (χ3n) is 6.38. The predicted octanol–water partition coefficient (Wildman–Crippen LogP) is 7.78. The average molecular weight is 551 g/mol. The van der Waals surface area contributed by atoms with Crippen molar-refractivity contribution in [3.8, 4) is 0 Å². The molecule has 0 saturated heterocycles. The normalized spacial score (nSPS) is 12.4. The van der Waals surface area contributed by atoms with Crippen molar-refractivity contribution in [3.63, 3.8) is 0 Å². The van der Waals surface area contributed by atoms with E-state index in [2.05, 4.69) is 18.4 Å². The third kappa shape index (κ3) is 27.9. The van der Waals surface area contributed by atoms with Crippen LogP contribution in [0.3, 0.4) is 0 Å². The maximum Gasteiger partial charge on any atom is 0.469 e. The monoisotopic (exact) mass is 550 g/mol. The van der Waals surface area contributed by atoms with Gasteiger partial charge in [-0.25, -0.2) is 4.57 Å². The fourth-order valence-corrected chi connectivity index (χ4v) is 4.50. The van der Waals surface area contributed by atoms with E-state index in [1.54, 1.807) is 0 Å². The maximum absolute atomic E-state index is 12.2. The topological polar surface area (TPSA) is 119 Å². The van der Waals surface area contributed by atoms with E-state index in [0.717, 1.165) is 44.9 Å². The lowest BCUT2D eigenvalue weighted by molar-refractivity contribution is -0.161. The second-order valence-electron chi connectivity index (χ2n) is 10.1. The Bertz CT molecular complexity index is 593. The van der Waals surface area contributed by atoms with E-state index in [1.165, 1.54) is 70.6 Å². The second kappa shape index (κ2) is 25.3. The molecule has 0 aromatic heterocycles. The fourth-order valence-electron chi connectivity index (χ4n) is 4.14. The van der Waals surface area contributed by atoms with Gasteiger partial charge in [-0.15, -0.1) is 0 Å². The van der Waals surface area contributed by atoms with Crippen LogP contribution in [0.25, 0.3) is 0 Å². The average Bonchev–Trinajstić information content (AvgIpc) is 2.85. The van der Waals surface area contributed by atoms with E-state index in [9.17, 15) is 14.2 Å². The maximum atomic E-state index is 12.2. The van der Waals surface area contributed by atoms with Crippen LogP contribution in [0, 0.1) is 0 Å². The lowest BCUT2D eigenvalue weighted by Gasteiger charge is -2.18. The lowest BCUT2D eigenvalue weighted by atomic mass is 10.0. The Morgan fingerprint density at radius 1 is 0.595 bits per heavy atom. The molecule has 0 aromatic rings. The summed E-state index contributed by atoms with van der Waals surface area (Å²) in [6.45, 7) is 3.56. The molecule has 0 unspecified atom stereocenters. The highest BCUT2D eigenvalue weighted by Crippen LogP contribution is 2.35. The molecule has 0 aliphatic carbocycles. The van der Waals surface area contributed by atoms with Crippen molar-refractivity contribution < 1.29 is 37.9 Å². The van der Waals surface area contributed by atoms with Crippen LogP contribution in [0.15, 0.2) is 0 Å². The molecule has 220 valence electrons. The number of carbonyl (C=O) groups excluding carboxylic acids is 2. The summed E-state index contributed by atoms with van der Waals surface area (Å²) in [6, 6.07) is 0. The number of phosphoric acid groups is 1. The summed E-state index contributed by atoms with van der Waals surface area (Å²) in [6.07, 6.45) is 21.6. The lowest BCUT2D eigenvalue weighted by Crippen LogP contribution is -2.29. The van der Waals surface area contributed by atoms with E-state index >= 15 is 0 Å². The van der Waals surface area contributed by atoms with Gasteiger partial charge in [0.2, 0.25) is 0 Å². The summed E-state index contributed by atoms with van der Waals surface area (Å²) in [7, 11) is -4.72. The summed E-state index contributed by atoms with van der Waals surface area (Å²) in [4.78, 5) is 42.0. The summed E-state index contributed by atoms with van der Waals surface area (Å²) in [5.41, 5.74) is 0. The molecule has 2 N–H and O–H groups in total. The van der Waals surface area contributed by atoms with Crippen LogP contribution in [-0.2, 0) is 28.2 Å². The van der Waals surface area contributed by atoms with Crippen LogP contribution in [0.1, 0.15) is 149 Å². The third-order valence-corrected chi connectivity index (χ3v) is 6.86. The van der Waals surface area contributed by atoms with Gasteiger partial charge < -0.3 is 19.3 Å². The van der Waals surface area contributed by atoms with Gasteiger partial charge in [-0.1, -0.05) is 123 Å². The van der Waals surface area contributed by atoms with Crippen molar-refractivity contribution in [1.82, 2.24) is 0 Å². The molecule has 1 atom stereocenters. The highest BCUT2D eigenvalue weighted by Gasteiger charge is 2.22. The highest BCUT2D eigenvalue weighted by molar-refractivity contribution is 7.46. The van der Waals surface area contributed by atoms with Crippen molar-refractivity contribution >= 4 is 19.8 Å². The van der Waals surface area contributed by atoms with Crippen molar-refractivity contribution in [1.29, 1.82) is 0 Å². The molecule has 0 saturated carbocycles. The summed E-state index contributed by atoms with van der Waals surface area (Å²) in [5.74, 6) is -0.894. The Kier molecular flexibility index (Phi) is 24.7. The molecule has 0 aliphatic heterocycles. The van der Waals surface area contributed by atoms with Gasteiger partial charge in [-0.3, -0.25) is 14.1 Å². The van der Waals surface area contributed by atoms with Crippen LogP contribution in [0.5, 0.6) is 0 Å². The number of hydrogen-bond donors (Lipinski definition) is 2. The zero-order chi connectivity index (χ0) is 27.6. The number of hydrogen-bond acceptors (Lipinski definition) is 6. The largest absolute Gasteiger partial charge is 0.469 e. The minimum absolute atomic E-state index is 0.218. The molecule has 0 spiro atoms. The molecule has 37 heavy (non-hydrogen) atoms. The van der Waals surface area contributed by atoms with Gasteiger partial charge in [0.15, 0.2) is 6.10 Å². The molecule has 0 heterocycles. The Morgan fingerprint density at radius 2 is 0.973 bits per heavy atom. The first kappa shape index (κ1) is 36.0. The van der Waals surface area contributed by atoms with Crippen molar-refractivity contribution in [2.45, 2.75) is 155 Å². The smallest absolute Gasteiger partial charge is 0.462 e. The molecule has 0 rings (SSSR count). The van der Waals surface area contributed by atoms with Gasteiger partial charge in [0, 0.05) is 12.8 Å². The molecule has 9 heteroatoms. The van der Waals surface area contributed by atoms with Gasteiger partial charge in [0.25, 0.3) is 0 Å². The van der Waals surface area contributed by atoms with E-state index in [0.29, 0.717) is 6.42 Å². The van der Waals surface area contributed by atoms with Crippen molar-refractivity contribution in [3.05, 3.63) is 0 Å². The SMILES string of the molecule is CCCCCCCCCCCCCCCCC(=O)O[C@H](COC(=O)CCCCCCC)COP(=O)(O)O. The summed E-state index contributed by atoms with van der Waals surface area (Å²) < 4.78 is 25.9. The molecular formula is C28H55O8P. The Balaban J connectivity index is 3.96. The fraction of sp³-hybridized carbons (Fsp3) is 0.929. The number of rotatable bonds is 27. The van der Waals surface area contributed by atoms with Crippen LogP contribution >= 0.6 is 7.82 Å². The number of unbranched alkanes of at least 4 members (excludes halogenated alkanes) is 17. The van der Waals surface area contributed by atoms with Gasteiger partial charge in [-0.05, 0) is 12.8 Å². The second-order valence-corrected chi connectivity index (χ2v) is 11.3. The van der Waals surface area contributed by atoms with E-state index < -0.39 is 32.5 Å². The Morgan fingerprint density at radius 3 is 1.38 bits per heavy atom. The number of phosphoric ester groups is 1. The van der Waals surface area contributed by atoms with Crippen LogP contribution in [-0.4, -0.2) is 41.0 Å². The summed E-state index contributed by atoms with van der Waals surface area (Å²) in [5, 5.41) is 0. The first-order valence-corrected chi connectivity index (χ1v) is 16.4. The van der Waals surface area contributed by atoms with E-state index in [4.69, 9.17) is 19.3 Å². The molecule has 0 aliphatic rings. The molecule has 0 radical (unpaired) electrons. The van der Waals surface area contributed by atoms with Crippen molar-refractivity contribution in [2.24, 2.45) is 0 Å². The summed E-state index contributed by atoms with van der Waals surface area (Å²) >= 11 is 0. The van der Waals surface area contributed by atoms with Crippen LogP contribution in [0.2, 0.25) is 0 Å². The highest BCUT2D eigenvalue weighted by atomic mass is 31.2. The zero-order valence-corrected chi connectivity index (χ0v) is 24.5. The Labute approximate surface area is 225 Å². The van der Waals surface area contributed by atoms with Crippen molar-refractivity contribution in [2.75, 3.05) is 13.2 Å². The minimum atomic E-state index is -4.72. The molecular weight excluding hydrogens is 495 g/mol. The Hall–Kier alpha value is -0.950. The number of carbonyl (C=O) groups is 2. The van der Waals surface area contributed by atoms with Crippen LogP contribution < -0.4 is 0 Å². The predicted molar refractivity (Wildman–Crippen MR) is 147 cm³/mol. The molecule has 8 nitrogen and oxygen atoms in total. The molecule has 0 aromatic carbocycles. The number of esters is 2. The van der Waals surface area contributed by atoms with Gasteiger partial charge in [0.05, 0.1) is 6.61 Å². The van der Waals surface area contributed by atoms with Crippen LogP contribution in [0.4, 0.5) is 0 Å². The molecule has 0 amide bonds. The number of ether oxygens (including phenoxy) is 2. The quantitative estimate of drug-likeness (QED) is 0.0604. The standard InChI is InChI=1S/C28H55O8P/c1-3-5-7-9-10-11-12-13-14-15-16-17-19-21-23-28(30)36-26(25-35-37(31,32)33)24-34-27(29)22-20-18-8-6-4-2/h26H,3-25H2,1-2H3,(H2,31,32,33)/t26-/m1/s1. The first-order chi connectivity index (χ1) is 17.8. The van der Waals surface area contributed by atoms with Gasteiger partial charge in [0.1, 0.15) is 6.61 Å². The zero-order valence-electron chi connectivity index (χ0n) is 23.6. The molecule has 0 fully saturated rings. The van der Waals surface area contributed by atoms with Gasteiger partial charge >= 0.3 is 19.8 Å². The van der Waals surface area contributed by atoms with E-state index in [-0.39, 0.29) is 19.4 Å². The van der Waals surface area contributed by atoms with E-state index in [1.807, 2.05) is 0 Å². The minimum Gasteiger partial charge on any atom is -0.462 e. The molecule has 0 bridgehead atoms. The first-order valence-electron chi connectivity index (χ1n) is 14.8. The van der Waals surface area contributed by atoms with Gasteiger partial charge in [-0.2, -0.15) is 0 Å².